The van der Waals surface area contributed by atoms with E-state index in [1.807, 2.05) is 0 Å². The molecule has 0 bridgehead atoms. The fourth-order valence-electron chi connectivity index (χ4n) is 3.40. The van der Waals surface area contributed by atoms with E-state index < -0.39 is 0 Å². The summed E-state index contributed by atoms with van der Waals surface area (Å²) < 4.78 is 5.84. The average molecular weight is 481 g/mol. The molecule has 3 N–H and O–H groups in total. The topological polar surface area (TPSA) is 108 Å². The molecule has 0 atom stereocenters. The number of hydrogen-bond acceptors (Lipinski definition) is 9. The number of carbonyl (C=O) groups excluding carboxylic acids is 1. The first kappa shape index (κ1) is 29.8. The molecule has 0 aliphatic heterocycles. The highest BCUT2D eigenvalue weighted by Gasteiger charge is 2.09. The molecule has 1 rings (SSSR count). The van der Waals surface area contributed by atoms with Gasteiger partial charge in [-0.2, -0.15) is 15.0 Å². The normalized spacial score (nSPS) is 11.1. The second kappa shape index (κ2) is 19.1. The van der Waals surface area contributed by atoms with Gasteiger partial charge in [0.05, 0.1) is 0 Å². The maximum Gasteiger partial charge on any atom is 0.323 e. The minimum Gasteiger partial charge on any atom is -0.462 e. The number of rotatable bonds is 21. The van der Waals surface area contributed by atoms with Crippen molar-refractivity contribution in [3.63, 3.8) is 0 Å². The van der Waals surface area contributed by atoms with Crippen LogP contribution in [0.5, 0.6) is 6.01 Å². The lowest BCUT2D eigenvalue weighted by Gasteiger charge is -2.22. The van der Waals surface area contributed by atoms with Gasteiger partial charge in [0, 0.05) is 33.1 Å². The van der Waals surface area contributed by atoms with Crippen LogP contribution in [-0.4, -0.2) is 96.2 Å². The quantitative estimate of drug-likeness (QED) is 0.229. The molecule has 10 nitrogen and oxygen atoms in total. The predicted molar refractivity (Wildman–Crippen MR) is 140 cm³/mol. The highest BCUT2D eigenvalue weighted by Crippen LogP contribution is 2.11. The molecular weight excluding hydrogens is 432 g/mol. The number of nitrogens with zero attached hydrogens (tertiary/aromatic N) is 5. The molecule has 1 aromatic heterocycles. The number of ether oxygens (including phenoxy) is 1. The first-order chi connectivity index (χ1) is 16.5. The number of aromatic nitrogens is 3. The van der Waals surface area contributed by atoms with E-state index in [1.54, 1.807) is 0 Å². The van der Waals surface area contributed by atoms with Gasteiger partial charge in [-0.3, -0.25) is 4.79 Å². The predicted octanol–water partition coefficient (Wildman–Crippen LogP) is 2.84. The number of nitrogens with one attached hydrogen (secondary N) is 3. The Labute approximate surface area is 206 Å². The summed E-state index contributed by atoms with van der Waals surface area (Å²) in [7, 11) is 0. The highest BCUT2D eigenvalue weighted by atomic mass is 16.5. The lowest BCUT2D eigenvalue weighted by atomic mass is 10.2. The summed E-state index contributed by atoms with van der Waals surface area (Å²) in [6.07, 6.45) is 5.95. The molecule has 0 spiro atoms. The van der Waals surface area contributed by atoms with Gasteiger partial charge in [-0.15, -0.1) is 0 Å². The van der Waals surface area contributed by atoms with Crippen molar-refractivity contribution in [1.82, 2.24) is 30.1 Å². The molecule has 1 aromatic rings. The molecule has 0 aliphatic rings. The Kier molecular flexibility index (Phi) is 16.8. The van der Waals surface area contributed by atoms with Gasteiger partial charge in [-0.05, 0) is 52.0 Å². The van der Waals surface area contributed by atoms with Gasteiger partial charge in [0.2, 0.25) is 17.8 Å². The summed E-state index contributed by atoms with van der Waals surface area (Å²) in [5.41, 5.74) is 0. The van der Waals surface area contributed by atoms with Gasteiger partial charge in [-0.1, -0.05) is 40.5 Å². The fourth-order valence-corrected chi connectivity index (χ4v) is 3.40. The third-order valence-corrected chi connectivity index (χ3v) is 5.52. The smallest absolute Gasteiger partial charge is 0.323 e. The molecule has 1 heterocycles. The molecule has 0 saturated carbocycles. The molecule has 10 heteroatoms. The zero-order valence-electron chi connectivity index (χ0n) is 22.2. The standard InChI is InChI=1S/C24H48N8O2/c1-6-10-16-32(17-11-7-2)18-12-13-26-22-28-23(27-15-14-25-21(5)33)30-24(29-22)34-20-19-31(8-3)9-4/h6-20H2,1-5H3,(H,25,33)(H2,26,27,28,29,30). The van der Waals surface area contributed by atoms with Crippen LogP contribution < -0.4 is 20.7 Å². The van der Waals surface area contributed by atoms with Crippen LogP contribution in [0.2, 0.25) is 0 Å². The van der Waals surface area contributed by atoms with E-state index in [4.69, 9.17) is 4.74 Å². The Morgan fingerprint density at radius 2 is 1.35 bits per heavy atom. The van der Waals surface area contributed by atoms with Crippen molar-refractivity contribution in [2.75, 3.05) is 76.1 Å². The molecule has 34 heavy (non-hydrogen) atoms. The largest absolute Gasteiger partial charge is 0.462 e. The maximum atomic E-state index is 11.1. The van der Waals surface area contributed by atoms with Crippen LogP contribution in [0.4, 0.5) is 11.9 Å². The van der Waals surface area contributed by atoms with Crippen molar-refractivity contribution in [2.24, 2.45) is 0 Å². The highest BCUT2D eigenvalue weighted by molar-refractivity contribution is 5.72. The minimum absolute atomic E-state index is 0.0628. The number of unbranched alkanes of at least 4 members (excludes halogenated alkanes) is 2. The Balaban J connectivity index is 2.66. The first-order valence-corrected chi connectivity index (χ1v) is 13.1. The van der Waals surface area contributed by atoms with Crippen molar-refractivity contribution in [2.45, 2.75) is 66.7 Å². The van der Waals surface area contributed by atoms with Crippen LogP contribution in [0.15, 0.2) is 0 Å². The summed E-state index contributed by atoms with van der Waals surface area (Å²) >= 11 is 0. The summed E-state index contributed by atoms with van der Waals surface area (Å²) in [5.74, 6) is 0.879. The van der Waals surface area contributed by atoms with E-state index >= 15 is 0 Å². The van der Waals surface area contributed by atoms with E-state index in [-0.39, 0.29) is 5.91 Å². The van der Waals surface area contributed by atoms with Crippen LogP contribution in [0.1, 0.15) is 66.7 Å². The van der Waals surface area contributed by atoms with Gasteiger partial charge in [-0.25, -0.2) is 0 Å². The van der Waals surface area contributed by atoms with Gasteiger partial charge >= 0.3 is 6.01 Å². The zero-order valence-corrected chi connectivity index (χ0v) is 22.2. The molecule has 0 unspecified atom stereocenters. The molecule has 0 saturated heterocycles. The van der Waals surface area contributed by atoms with Gasteiger partial charge in [0.1, 0.15) is 6.61 Å². The maximum absolute atomic E-state index is 11.1. The van der Waals surface area contributed by atoms with E-state index in [0.717, 1.165) is 52.2 Å². The van der Waals surface area contributed by atoms with Crippen molar-refractivity contribution in [1.29, 1.82) is 0 Å². The molecule has 0 aliphatic carbocycles. The van der Waals surface area contributed by atoms with E-state index in [1.165, 1.54) is 32.6 Å². The van der Waals surface area contributed by atoms with Crippen molar-refractivity contribution < 1.29 is 9.53 Å². The molecule has 196 valence electrons. The monoisotopic (exact) mass is 480 g/mol. The molecular formula is C24H48N8O2. The summed E-state index contributed by atoms with van der Waals surface area (Å²) in [4.78, 5) is 29.2. The summed E-state index contributed by atoms with van der Waals surface area (Å²) in [6.45, 7) is 18.7. The fraction of sp³-hybridized carbons (Fsp3) is 0.833. The minimum atomic E-state index is -0.0628. The molecule has 0 fully saturated rings. The zero-order chi connectivity index (χ0) is 25.0. The van der Waals surface area contributed by atoms with Crippen molar-refractivity contribution >= 4 is 17.8 Å². The van der Waals surface area contributed by atoms with E-state index in [0.29, 0.717) is 37.6 Å². The molecule has 0 radical (unpaired) electrons. The molecule has 1 amide bonds. The summed E-state index contributed by atoms with van der Waals surface area (Å²) in [6, 6.07) is 0.305. The third kappa shape index (κ3) is 14.1. The number of hydrogen-bond donors (Lipinski definition) is 3. The van der Waals surface area contributed by atoms with Crippen molar-refractivity contribution in [3.8, 4) is 6.01 Å². The second-order valence-electron chi connectivity index (χ2n) is 8.38. The summed E-state index contributed by atoms with van der Waals surface area (Å²) in [5, 5.41) is 9.23. The Bertz CT molecular complexity index is 650. The van der Waals surface area contributed by atoms with Crippen LogP contribution in [0.25, 0.3) is 0 Å². The van der Waals surface area contributed by atoms with Gasteiger partial charge in [0.25, 0.3) is 0 Å². The van der Waals surface area contributed by atoms with Crippen LogP contribution in [0.3, 0.4) is 0 Å². The Hall–Kier alpha value is -2.20. The second-order valence-corrected chi connectivity index (χ2v) is 8.38. The lowest BCUT2D eigenvalue weighted by Crippen LogP contribution is -2.29. The van der Waals surface area contributed by atoms with Crippen molar-refractivity contribution in [3.05, 3.63) is 0 Å². The number of likely N-dealkylation sites (N-methyl/N-ethyl adjacent to an activating group) is 1. The number of anilines is 2. The van der Waals surface area contributed by atoms with E-state index in [9.17, 15) is 4.79 Å². The van der Waals surface area contributed by atoms with E-state index in [2.05, 4.69) is 68.4 Å². The first-order valence-electron chi connectivity index (χ1n) is 13.1. The van der Waals surface area contributed by atoms with Crippen LogP contribution in [-0.2, 0) is 4.79 Å². The lowest BCUT2D eigenvalue weighted by molar-refractivity contribution is -0.118. The third-order valence-electron chi connectivity index (χ3n) is 5.52. The average Bonchev–Trinajstić information content (AvgIpc) is 2.83. The SMILES string of the molecule is CCCCN(CCCC)CCCNc1nc(NCCNC(C)=O)nc(OCCN(CC)CC)n1. The Morgan fingerprint density at radius 1 is 0.765 bits per heavy atom. The van der Waals surface area contributed by atoms with Crippen LogP contribution >= 0.6 is 0 Å². The number of amides is 1. The van der Waals surface area contributed by atoms with Gasteiger partial charge < -0.3 is 30.5 Å². The Morgan fingerprint density at radius 3 is 1.91 bits per heavy atom. The molecule has 0 aromatic carbocycles. The van der Waals surface area contributed by atoms with Gasteiger partial charge in [0.15, 0.2) is 0 Å². The number of carbonyl (C=O) groups is 1. The van der Waals surface area contributed by atoms with Crippen LogP contribution in [0, 0.1) is 0 Å².